The van der Waals surface area contributed by atoms with Crippen molar-refractivity contribution in [2.45, 2.75) is 24.4 Å². The molecule has 6 heteroatoms. The first-order valence-electron chi connectivity index (χ1n) is 7.02. The van der Waals surface area contributed by atoms with Gasteiger partial charge in [-0.05, 0) is 31.5 Å². The predicted octanol–water partition coefficient (Wildman–Crippen LogP) is -0.130. The molecule has 1 aliphatic heterocycles. The van der Waals surface area contributed by atoms with Gasteiger partial charge in [-0.15, -0.1) is 0 Å². The highest BCUT2D eigenvalue weighted by Gasteiger charge is 2.41. The second kappa shape index (κ2) is 6.69. The number of piperidine rings is 1. The lowest BCUT2D eigenvalue weighted by molar-refractivity contribution is -0.146. The maximum absolute atomic E-state index is 12.6. The number of benzene rings is 1. The lowest BCUT2D eigenvalue weighted by Crippen LogP contribution is -2.52. The molecule has 0 saturated carbocycles. The van der Waals surface area contributed by atoms with Crippen molar-refractivity contribution in [3.05, 3.63) is 35.9 Å². The van der Waals surface area contributed by atoms with Gasteiger partial charge in [0.2, 0.25) is 5.91 Å². The van der Waals surface area contributed by atoms with Gasteiger partial charge in [0, 0.05) is 0 Å². The highest BCUT2D eigenvalue weighted by Crippen LogP contribution is 2.33. The Labute approximate surface area is 123 Å². The summed E-state index contributed by atoms with van der Waals surface area (Å²) in [5.41, 5.74) is 0.263. The summed E-state index contributed by atoms with van der Waals surface area (Å²) in [6.45, 7) is 1.17. The van der Waals surface area contributed by atoms with Crippen LogP contribution in [0.5, 0.6) is 0 Å². The molecule has 1 heterocycles. The normalized spacial score (nSPS) is 18.7. The van der Waals surface area contributed by atoms with Crippen LogP contribution in [0.1, 0.15) is 18.4 Å². The zero-order valence-corrected chi connectivity index (χ0v) is 11.7. The van der Waals surface area contributed by atoms with Crippen LogP contribution in [-0.2, 0) is 15.0 Å². The van der Waals surface area contributed by atoms with E-state index in [1.165, 1.54) is 0 Å². The number of carbonyl (C=O) groups is 2. The molecule has 1 atom stereocenters. The van der Waals surface area contributed by atoms with E-state index < -0.39 is 17.5 Å². The summed E-state index contributed by atoms with van der Waals surface area (Å²) in [5, 5.41) is 23.8. The van der Waals surface area contributed by atoms with Crippen LogP contribution in [-0.4, -0.2) is 47.8 Å². The number of aliphatic hydroxyl groups is 1. The molecule has 0 aromatic heterocycles. The molecule has 1 amide bonds. The average molecular weight is 292 g/mol. The third kappa shape index (κ3) is 3.40. The van der Waals surface area contributed by atoms with Crippen molar-refractivity contribution in [2.75, 3.05) is 19.6 Å². The molecule has 1 saturated heterocycles. The van der Waals surface area contributed by atoms with Gasteiger partial charge in [0.15, 0.2) is 6.10 Å². The van der Waals surface area contributed by atoms with Gasteiger partial charge in [-0.2, -0.15) is 0 Å². The van der Waals surface area contributed by atoms with Crippen LogP contribution >= 0.6 is 0 Å². The summed E-state index contributed by atoms with van der Waals surface area (Å²) in [6.07, 6.45) is -0.290. The van der Waals surface area contributed by atoms with Crippen LogP contribution in [0, 0.1) is 0 Å². The van der Waals surface area contributed by atoms with E-state index in [9.17, 15) is 14.7 Å². The number of hydrogen-bond donors (Lipinski definition) is 4. The van der Waals surface area contributed by atoms with Gasteiger partial charge < -0.3 is 20.8 Å². The van der Waals surface area contributed by atoms with Gasteiger partial charge in [-0.1, -0.05) is 30.3 Å². The first-order chi connectivity index (χ1) is 10.1. The molecular weight excluding hydrogens is 272 g/mol. The molecule has 1 fully saturated rings. The minimum Gasteiger partial charge on any atom is -0.479 e. The lowest BCUT2D eigenvalue weighted by atomic mass is 9.72. The molecule has 2 rings (SSSR count). The number of hydrogen-bond acceptors (Lipinski definition) is 4. The number of carbonyl (C=O) groups excluding carboxylic acids is 1. The zero-order chi connectivity index (χ0) is 15.3. The highest BCUT2D eigenvalue weighted by molar-refractivity contribution is 5.89. The summed E-state index contributed by atoms with van der Waals surface area (Å²) in [7, 11) is 0. The quantitative estimate of drug-likeness (QED) is 0.606. The van der Waals surface area contributed by atoms with E-state index in [2.05, 4.69) is 10.6 Å². The molecule has 114 valence electrons. The van der Waals surface area contributed by atoms with Crippen molar-refractivity contribution in [1.29, 1.82) is 0 Å². The second-order valence-electron chi connectivity index (χ2n) is 5.26. The molecule has 1 aliphatic rings. The molecule has 1 aromatic rings. The van der Waals surface area contributed by atoms with Gasteiger partial charge in [0.25, 0.3) is 0 Å². The Hall–Kier alpha value is -1.92. The van der Waals surface area contributed by atoms with E-state index in [1.807, 2.05) is 30.3 Å². The van der Waals surface area contributed by atoms with Crippen LogP contribution < -0.4 is 10.6 Å². The topological polar surface area (TPSA) is 98.7 Å². The van der Waals surface area contributed by atoms with Crippen LogP contribution in [0.3, 0.4) is 0 Å². The molecule has 1 unspecified atom stereocenters. The Morgan fingerprint density at radius 3 is 2.43 bits per heavy atom. The van der Waals surface area contributed by atoms with E-state index in [-0.39, 0.29) is 12.5 Å². The number of rotatable bonds is 5. The third-order valence-electron chi connectivity index (χ3n) is 3.96. The van der Waals surface area contributed by atoms with Gasteiger partial charge in [0.1, 0.15) is 0 Å². The van der Waals surface area contributed by atoms with E-state index >= 15 is 0 Å². The van der Waals surface area contributed by atoms with E-state index in [1.54, 1.807) is 0 Å². The number of nitrogens with one attached hydrogen (secondary N) is 2. The molecule has 4 N–H and O–H groups in total. The molecular formula is C15H20N2O4. The number of carboxylic acid groups (broad SMARTS) is 1. The summed E-state index contributed by atoms with van der Waals surface area (Å²) in [6, 6.07) is 9.50. The SMILES string of the molecule is O=C(O)C(O)CNC(=O)C1(c2ccccc2)CCNCC1. The standard InChI is InChI=1S/C15H20N2O4/c18-12(13(19)20)10-17-14(21)15(6-8-16-9-7-15)11-4-2-1-3-5-11/h1-5,12,16,18H,6-10H2,(H,17,21)(H,19,20). The van der Waals surface area contributed by atoms with Crippen molar-refractivity contribution in [3.63, 3.8) is 0 Å². The van der Waals surface area contributed by atoms with Gasteiger partial charge >= 0.3 is 5.97 Å². The smallest absolute Gasteiger partial charge is 0.334 e. The fraction of sp³-hybridized carbons (Fsp3) is 0.467. The minimum absolute atomic E-state index is 0.226. The predicted molar refractivity (Wildman–Crippen MR) is 76.9 cm³/mol. The van der Waals surface area contributed by atoms with E-state index in [0.29, 0.717) is 12.8 Å². The summed E-state index contributed by atoms with van der Waals surface area (Å²) in [4.78, 5) is 23.2. The first-order valence-corrected chi connectivity index (χ1v) is 7.02. The Morgan fingerprint density at radius 1 is 1.24 bits per heavy atom. The van der Waals surface area contributed by atoms with Crippen molar-refractivity contribution in [2.24, 2.45) is 0 Å². The lowest BCUT2D eigenvalue weighted by Gasteiger charge is -2.36. The third-order valence-corrected chi connectivity index (χ3v) is 3.96. The Balaban J connectivity index is 2.16. The molecule has 21 heavy (non-hydrogen) atoms. The summed E-state index contributed by atoms with van der Waals surface area (Å²) < 4.78 is 0. The van der Waals surface area contributed by atoms with Crippen LogP contribution in [0.2, 0.25) is 0 Å². The maximum atomic E-state index is 12.6. The van der Waals surface area contributed by atoms with Gasteiger partial charge in [0.05, 0.1) is 12.0 Å². The average Bonchev–Trinajstić information content (AvgIpc) is 2.53. The number of aliphatic carboxylic acids is 1. The largest absolute Gasteiger partial charge is 0.479 e. The number of carboxylic acids is 1. The van der Waals surface area contributed by atoms with Gasteiger partial charge in [-0.3, -0.25) is 4.79 Å². The fourth-order valence-corrected chi connectivity index (χ4v) is 2.70. The monoisotopic (exact) mass is 292 g/mol. The van der Waals surface area contributed by atoms with Crippen molar-refractivity contribution >= 4 is 11.9 Å². The fourth-order valence-electron chi connectivity index (χ4n) is 2.70. The maximum Gasteiger partial charge on any atom is 0.334 e. The molecule has 0 radical (unpaired) electrons. The van der Waals surface area contributed by atoms with Crippen LogP contribution in [0.4, 0.5) is 0 Å². The summed E-state index contributed by atoms with van der Waals surface area (Å²) >= 11 is 0. The minimum atomic E-state index is -1.58. The van der Waals surface area contributed by atoms with Crippen molar-refractivity contribution in [1.82, 2.24) is 10.6 Å². The highest BCUT2D eigenvalue weighted by atomic mass is 16.4. The summed E-state index contributed by atoms with van der Waals surface area (Å²) in [5.74, 6) is -1.56. The first kappa shape index (κ1) is 15.5. The Kier molecular flexibility index (Phi) is 4.93. The van der Waals surface area contributed by atoms with Crippen molar-refractivity contribution in [3.8, 4) is 0 Å². The molecule has 6 nitrogen and oxygen atoms in total. The molecule has 0 spiro atoms. The molecule has 1 aromatic carbocycles. The Bertz CT molecular complexity index is 498. The van der Waals surface area contributed by atoms with Gasteiger partial charge in [-0.25, -0.2) is 4.79 Å². The van der Waals surface area contributed by atoms with Crippen LogP contribution in [0.15, 0.2) is 30.3 Å². The number of aliphatic hydroxyl groups excluding tert-OH is 1. The van der Waals surface area contributed by atoms with E-state index in [0.717, 1.165) is 18.7 Å². The molecule has 0 aliphatic carbocycles. The molecule has 0 bridgehead atoms. The number of amides is 1. The van der Waals surface area contributed by atoms with Crippen LogP contribution in [0.25, 0.3) is 0 Å². The van der Waals surface area contributed by atoms with E-state index in [4.69, 9.17) is 5.11 Å². The van der Waals surface area contributed by atoms with Crippen molar-refractivity contribution < 1.29 is 19.8 Å². The Morgan fingerprint density at radius 2 is 1.86 bits per heavy atom. The zero-order valence-electron chi connectivity index (χ0n) is 11.7. The second-order valence-corrected chi connectivity index (χ2v) is 5.26.